The molecule has 0 fully saturated rings. The van der Waals surface area contributed by atoms with Crippen molar-refractivity contribution in [3.05, 3.63) is 83.4 Å². The van der Waals surface area contributed by atoms with Crippen molar-refractivity contribution in [2.75, 3.05) is 13.1 Å². The van der Waals surface area contributed by atoms with Crippen LogP contribution in [0.2, 0.25) is 5.02 Å². The van der Waals surface area contributed by atoms with Gasteiger partial charge in [-0.15, -0.1) is 0 Å². The van der Waals surface area contributed by atoms with Crippen LogP contribution in [0, 0.1) is 0 Å². The number of benzene rings is 2. The minimum Gasteiger partial charge on any atom is -0.354 e. The number of aromatic nitrogens is 2. The lowest BCUT2D eigenvalue weighted by atomic mass is 10.1. The summed E-state index contributed by atoms with van der Waals surface area (Å²) < 4.78 is 0. The Balaban J connectivity index is 1.42. The van der Waals surface area contributed by atoms with Crippen molar-refractivity contribution >= 4 is 23.4 Å². The number of halogens is 1. The summed E-state index contributed by atoms with van der Waals surface area (Å²) in [7, 11) is 0. The average molecular weight is 395 g/mol. The Labute approximate surface area is 168 Å². The second kappa shape index (κ2) is 9.62. The first kappa shape index (κ1) is 19.5. The Bertz CT molecular complexity index is 946. The number of hydrogen-bond donors (Lipinski definition) is 2. The van der Waals surface area contributed by atoms with Crippen LogP contribution in [0.3, 0.4) is 0 Å². The van der Waals surface area contributed by atoms with Crippen LogP contribution < -0.4 is 10.6 Å². The molecular weight excluding hydrogens is 376 g/mol. The van der Waals surface area contributed by atoms with E-state index in [-0.39, 0.29) is 18.2 Å². The molecule has 2 amide bonds. The third-order valence-electron chi connectivity index (χ3n) is 4.03. The first-order valence-electron chi connectivity index (χ1n) is 8.76. The molecule has 2 aromatic carbocycles. The van der Waals surface area contributed by atoms with Crippen LogP contribution in [0.1, 0.15) is 15.9 Å². The highest BCUT2D eigenvalue weighted by Crippen LogP contribution is 2.17. The highest BCUT2D eigenvalue weighted by Gasteiger charge is 2.07. The molecule has 3 aromatic rings. The first-order chi connectivity index (χ1) is 13.6. The van der Waals surface area contributed by atoms with E-state index in [1.54, 1.807) is 42.7 Å². The fraction of sp³-hybridized carbons (Fsp3) is 0.143. The number of nitrogens with zero attached hydrogens (tertiary/aromatic N) is 2. The quantitative estimate of drug-likeness (QED) is 0.603. The summed E-state index contributed by atoms with van der Waals surface area (Å²) in [5, 5.41) is 6.16. The molecule has 0 aliphatic carbocycles. The molecule has 0 aliphatic heterocycles. The van der Waals surface area contributed by atoms with Crippen molar-refractivity contribution in [3.63, 3.8) is 0 Å². The Hall–Kier alpha value is -3.25. The highest BCUT2D eigenvalue weighted by atomic mass is 35.5. The predicted molar refractivity (Wildman–Crippen MR) is 108 cm³/mol. The number of hydrogen-bond acceptors (Lipinski definition) is 4. The minimum atomic E-state index is -0.194. The number of nitrogens with one attached hydrogen (secondary N) is 2. The summed E-state index contributed by atoms with van der Waals surface area (Å²) in [5.74, 6) is -0.314. The number of carbonyl (C=O) groups is 2. The Morgan fingerprint density at radius 1 is 0.893 bits per heavy atom. The van der Waals surface area contributed by atoms with E-state index in [1.165, 1.54) is 6.33 Å². The van der Waals surface area contributed by atoms with Crippen molar-refractivity contribution in [3.8, 4) is 11.1 Å². The van der Waals surface area contributed by atoms with Gasteiger partial charge < -0.3 is 10.6 Å². The normalized spacial score (nSPS) is 10.3. The van der Waals surface area contributed by atoms with Gasteiger partial charge in [-0.2, -0.15) is 0 Å². The molecule has 1 aromatic heterocycles. The molecule has 0 saturated heterocycles. The summed E-state index contributed by atoms with van der Waals surface area (Å²) in [6.45, 7) is 0.693. The fourth-order valence-corrected chi connectivity index (χ4v) is 2.85. The zero-order valence-electron chi connectivity index (χ0n) is 15.1. The maximum absolute atomic E-state index is 12.2. The van der Waals surface area contributed by atoms with Gasteiger partial charge in [-0.05, 0) is 35.4 Å². The van der Waals surface area contributed by atoms with Crippen LogP contribution in [0.5, 0.6) is 0 Å². The van der Waals surface area contributed by atoms with Gasteiger partial charge in [0.25, 0.3) is 5.91 Å². The van der Waals surface area contributed by atoms with Gasteiger partial charge in [-0.25, -0.2) is 9.97 Å². The monoisotopic (exact) mass is 394 g/mol. The zero-order valence-corrected chi connectivity index (χ0v) is 15.8. The van der Waals surface area contributed by atoms with Gasteiger partial charge in [0.05, 0.1) is 6.42 Å². The van der Waals surface area contributed by atoms with Gasteiger partial charge in [-0.3, -0.25) is 9.59 Å². The van der Waals surface area contributed by atoms with Gasteiger partial charge >= 0.3 is 0 Å². The van der Waals surface area contributed by atoms with Crippen LogP contribution >= 0.6 is 11.6 Å². The van der Waals surface area contributed by atoms with Crippen LogP contribution in [-0.4, -0.2) is 34.9 Å². The second-order valence-corrected chi connectivity index (χ2v) is 6.55. The van der Waals surface area contributed by atoms with E-state index < -0.39 is 0 Å². The Morgan fingerprint density at radius 3 is 2.32 bits per heavy atom. The number of carbonyl (C=O) groups excluding carboxylic acids is 2. The largest absolute Gasteiger partial charge is 0.354 e. The third-order valence-corrected chi connectivity index (χ3v) is 4.26. The smallest absolute Gasteiger partial charge is 0.251 e. The lowest BCUT2D eigenvalue weighted by Gasteiger charge is -2.08. The fourth-order valence-electron chi connectivity index (χ4n) is 2.64. The Morgan fingerprint density at radius 2 is 1.61 bits per heavy atom. The lowest BCUT2D eigenvalue weighted by Crippen LogP contribution is -2.35. The predicted octanol–water partition coefficient (Wildman–Crippen LogP) is 2.89. The summed E-state index contributed by atoms with van der Waals surface area (Å²) in [6, 6.07) is 14.4. The summed E-state index contributed by atoms with van der Waals surface area (Å²) >= 11 is 5.91. The van der Waals surface area contributed by atoms with Crippen molar-refractivity contribution in [2.24, 2.45) is 0 Å². The molecule has 0 unspecified atom stereocenters. The van der Waals surface area contributed by atoms with Gasteiger partial charge in [0, 0.05) is 41.6 Å². The molecule has 0 saturated carbocycles. The van der Waals surface area contributed by atoms with E-state index in [2.05, 4.69) is 20.6 Å². The molecule has 142 valence electrons. The summed E-state index contributed by atoms with van der Waals surface area (Å²) in [6.07, 6.45) is 5.15. The summed E-state index contributed by atoms with van der Waals surface area (Å²) in [5.41, 5.74) is 3.21. The molecule has 0 atom stereocenters. The molecule has 28 heavy (non-hydrogen) atoms. The molecule has 7 heteroatoms. The van der Waals surface area contributed by atoms with Crippen molar-refractivity contribution in [2.45, 2.75) is 6.42 Å². The average Bonchev–Trinajstić information content (AvgIpc) is 2.72. The molecule has 2 N–H and O–H groups in total. The number of amides is 2. The van der Waals surface area contributed by atoms with E-state index in [0.29, 0.717) is 23.7 Å². The van der Waals surface area contributed by atoms with Crippen LogP contribution in [0.25, 0.3) is 11.1 Å². The van der Waals surface area contributed by atoms with Gasteiger partial charge in [0.15, 0.2) is 0 Å². The van der Waals surface area contributed by atoms with Gasteiger partial charge in [0.2, 0.25) is 5.91 Å². The number of rotatable bonds is 7. The maximum atomic E-state index is 12.2. The SMILES string of the molecule is O=C(Cc1cccc(Cl)c1)NCCNC(=O)c1ccc(-c2cncnc2)cc1. The van der Waals surface area contributed by atoms with E-state index in [9.17, 15) is 9.59 Å². The standard InChI is InChI=1S/C21H19ClN4O2/c22-19-3-1-2-15(10-19)11-20(27)25-8-9-26-21(28)17-6-4-16(5-7-17)18-12-23-14-24-13-18/h1-7,10,12-14H,8-9,11H2,(H,25,27)(H,26,28). The molecule has 0 bridgehead atoms. The van der Waals surface area contributed by atoms with Gasteiger partial charge in [-0.1, -0.05) is 35.9 Å². The maximum Gasteiger partial charge on any atom is 0.251 e. The van der Waals surface area contributed by atoms with E-state index in [4.69, 9.17) is 11.6 Å². The summed E-state index contributed by atoms with van der Waals surface area (Å²) in [4.78, 5) is 32.1. The third kappa shape index (κ3) is 5.62. The molecule has 0 aliphatic rings. The van der Waals surface area contributed by atoms with Crippen molar-refractivity contribution in [1.82, 2.24) is 20.6 Å². The van der Waals surface area contributed by atoms with Crippen LogP contribution in [0.4, 0.5) is 0 Å². The lowest BCUT2D eigenvalue weighted by molar-refractivity contribution is -0.120. The minimum absolute atomic E-state index is 0.119. The molecule has 1 heterocycles. The first-order valence-corrected chi connectivity index (χ1v) is 9.14. The van der Waals surface area contributed by atoms with Crippen LogP contribution in [0.15, 0.2) is 67.3 Å². The topological polar surface area (TPSA) is 84.0 Å². The highest BCUT2D eigenvalue weighted by molar-refractivity contribution is 6.30. The van der Waals surface area contributed by atoms with Crippen LogP contribution in [-0.2, 0) is 11.2 Å². The molecule has 6 nitrogen and oxygen atoms in total. The molecule has 0 radical (unpaired) electrons. The van der Waals surface area contributed by atoms with Crippen molar-refractivity contribution < 1.29 is 9.59 Å². The molecule has 3 rings (SSSR count). The van der Waals surface area contributed by atoms with Crippen molar-refractivity contribution in [1.29, 1.82) is 0 Å². The Kier molecular flexibility index (Phi) is 6.70. The van der Waals surface area contributed by atoms with E-state index in [0.717, 1.165) is 16.7 Å². The van der Waals surface area contributed by atoms with E-state index in [1.807, 2.05) is 18.2 Å². The van der Waals surface area contributed by atoms with Gasteiger partial charge in [0.1, 0.15) is 6.33 Å². The van der Waals surface area contributed by atoms with E-state index >= 15 is 0 Å². The molecule has 0 spiro atoms. The second-order valence-electron chi connectivity index (χ2n) is 6.12. The molecular formula is C21H19ClN4O2. The zero-order chi connectivity index (χ0) is 19.8.